The monoisotopic (exact) mass is 274 g/mol. The Kier molecular flexibility index (Phi) is 3.29. The maximum absolute atomic E-state index is 12.5. The lowest BCUT2D eigenvalue weighted by Gasteiger charge is -2.04. The molecule has 0 saturated heterocycles. The van der Waals surface area contributed by atoms with E-state index in [2.05, 4.69) is 11.1 Å². The molecule has 2 aromatic carbocycles. The Morgan fingerprint density at radius 1 is 1.24 bits per heavy atom. The van der Waals surface area contributed by atoms with Gasteiger partial charge in [-0.1, -0.05) is 24.3 Å². The molecule has 0 aliphatic heterocycles. The topological polar surface area (TPSA) is 56.6 Å². The molecule has 1 N–H and O–H groups in total. The third-order valence-electron chi connectivity index (χ3n) is 3.72. The minimum atomic E-state index is 0.0608. The lowest BCUT2D eigenvalue weighted by molar-refractivity contribution is 0.0994. The van der Waals surface area contributed by atoms with Gasteiger partial charge in [-0.2, -0.15) is 5.26 Å². The van der Waals surface area contributed by atoms with E-state index in [0.717, 1.165) is 22.0 Å². The van der Waals surface area contributed by atoms with Gasteiger partial charge in [0, 0.05) is 29.1 Å². The summed E-state index contributed by atoms with van der Waals surface area (Å²) in [6.07, 6.45) is 2.10. The molecule has 0 amide bonds. The average Bonchev–Trinajstić information content (AvgIpc) is 2.92. The summed E-state index contributed by atoms with van der Waals surface area (Å²) < 4.78 is 0. The van der Waals surface area contributed by atoms with Crippen LogP contribution in [0.1, 0.15) is 27.0 Å². The molecule has 0 aliphatic carbocycles. The fourth-order valence-corrected chi connectivity index (χ4v) is 2.50. The van der Waals surface area contributed by atoms with E-state index in [0.29, 0.717) is 17.5 Å². The van der Waals surface area contributed by atoms with Crippen LogP contribution in [0, 0.1) is 18.3 Å². The first-order valence-corrected chi connectivity index (χ1v) is 6.78. The second-order valence-corrected chi connectivity index (χ2v) is 5.10. The average molecular weight is 274 g/mol. The summed E-state index contributed by atoms with van der Waals surface area (Å²) in [5.74, 6) is 0.0608. The van der Waals surface area contributed by atoms with Crippen LogP contribution in [-0.2, 0) is 6.42 Å². The fourth-order valence-electron chi connectivity index (χ4n) is 2.50. The van der Waals surface area contributed by atoms with Crippen LogP contribution < -0.4 is 0 Å². The fraction of sp³-hybridized carbons (Fsp3) is 0.111. The highest BCUT2D eigenvalue weighted by Crippen LogP contribution is 2.22. The Hall–Kier alpha value is -2.86. The highest BCUT2D eigenvalue weighted by molar-refractivity contribution is 6.08. The Morgan fingerprint density at radius 2 is 2.05 bits per heavy atom. The van der Waals surface area contributed by atoms with Crippen molar-refractivity contribution < 1.29 is 4.79 Å². The van der Waals surface area contributed by atoms with Gasteiger partial charge in [0.2, 0.25) is 0 Å². The summed E-state index contributed by atoms with van der Waals surface area (Å²) in [5, 5.41) is 9.80. The van der Waals surface area contributed by atoms with E-state index < -0.39 is 0 Å². The molecule has 0 fully saturated rings. The van der Waals surface area contributed by atoms with Gasteiger partial charge in [0.15, 0.2) is 5.78 Å². The zero-order valence-electron chi connectivity index (χ0n) is 11.7. The molecule has 0 unspecified atom stereocenters. The third kappa shape index (κ3) is 2.44. The SMILES string of the molecule is Cc1ccccc1CC(=O)c1c[nH]c2ccc(C#N)cc12. The summed E-state index contributed by atoms with van der Waals surface area (Å²) >= 11 is 0. The highest BCUT2D eigenvalue weighted by Gasteiger charge is 2.14. The van der Waals surface area contributed by atoms with Crippen LogP contribution in [0.2, 0.25) is 0 Å². The minimum absolute atomic E-state index is 0.0608. The molecular weight excluding hydrogens is 260 g/mol. The van der Waals surface area contributed by atoms with Crippen LogP contribution in [0.15, 0.2) is 48.7 Å². The van der Waals surface area contributed by atoms with Gasteiger partial charge in [-0.15, -0.1) is 0 Å². The number of fused-ring (bicyclic) bond motifs is 1. The second-order valence-electron chi connectivity index (χ2n) is 5.10. The van der Waals surface area contributed by atoms with Gasteiger partial charge < -0.3 is 4.98 Å². The number of carbonyl (C=O) groups is 1. The molecule has 0 aliphatic rings. The van der Waals surface area contributed by atoms with Crippen molar-refractivity contribution in [3.05, 3.63) is 70.9 Å². The summed E-state index contributed by atoms with van der Waals surface area (Å²) in [6, 6.07) is 15.3. The van der Waals surface area contributed by atoms with Crippen molar-refractivity contribution in [2.45, 2.75) is 13.3 Å². The van der Waals surface area contributed by atoms with E-state index >= 15 is 0 Å². The smallest absolute Gasteiger partial charge is 0.169 e. The molecule has 0 spiro atoms. The van der Waals surface area contributed by atoms with Gasteiger partial charge in [-0.3, -0.25) is 4.79 Å². The number of H-pyrrole nitrogens is 1. The molecule has 0 bridgehead atoms. The number of hydrogen-bond acceptors (Lipinski definition) is 2. The normalized spacial score (nSPS) is 10.5. The predicted molar refractivity (Wildman–Crippen MR) is 82.2 cm³/mol. The first-order chi connectivity index (χ1) is 10.2. The number of ketones is 1. The highest BCUT2D eigenvalue weighted by atomic mass is 16.1. The molecule has 0 radical (unpaired) electrons. The van der Waals surface area contributed by atoms with Crippen molar-refractivity contribution in [3.8, 4) is 6.07 Å². The lowest BCUT2D eigenvalue weighted by atomic mass is 9.99. The number of Topliss-reactive ketones (excluding diaryl/α,β-unsaturated/α-hetero) is 1. The van der Waals surface area contributed by atoms with Crippen LogP contribution in [0.3, 0.4) is 0 Å². The molecule has 0 saturated carbocycles. The van der Waals surface area contributed by atoms with E-state index in [1.54, 1.807) is 18.3 Å². The van der Waals surface area contributed by atoms with Gasteiger partial charge in [0.25, 0.3) is 0 Å². The summed E-state index contributed by atoms with van der Waals surface area (Å²) in [6.45, 7) is 2.01. The summed E-state index contributed by atoms with van der Waals surface area (Å²) in [7, 11) is 0. The zero-order valence-corrected chi connectivity index (χ0v) is 11.7. The Morgan fingerprint density at radius 3 is 2.81 bits per heavy atom. The minimum Gasteiger partial charge on any atom is -0.360 e. The molecule has 21 heavy (non-hydrogen) atoms. The summed E-state index contributed by atoms with van der Waals surface area (Å²) in [4.78, 5) is 15.6. The van der Waals surface area contributed by atoms with Crippen LogP contribution >= 0.6 is 0 Å². The number of rotatable bonds is 3. The number of aromatic nitrogens is 1. The molecule has 3 nitrogen and oxygen atoms in total. The standard InChI is InChI=1S/C18H14N2O/c1-12-4-2-3-5-14(12)9-18(21)16-11-20-17-7-6-13(10-19)8-15(16)17/h2-8,11,20H,9H2,1H3. The zero-order chi connectivity index (χ0) is 14.8. The van der Waals surface area contributed by atoms with Crippen molar-refractivity contribution in [1.82, 2.24) is 4.98 Å². The number of nitrogens with zero attached hydrogens (tertiary/aromatic N) is 1. The largest absolute Gasteiger partial charge is 0.360 e. The number of benzene rings is 2. The summed E-state index contributed by atoms with van der Waals surface area (Å²) in [5.41, 5.74) is 4.23. The molecule has 3 rings (SSSR count). The number of nitriles is 1. The van der Waals surface area contributed by atoms with Gasteiger partial charge >= 0.3 is 0 Å². The Balaban J connectivity index is 1.99. The van der Waals surface area contributed by atoms with E-state index in [1.807, 2.05) is 37.3 Å². The second kappa shape index (κ2) is 5.26. The van der Waals surface area contributed by atoms with Crippen molar-refractivity contribution in [2.75, 3.05) is 0 Å². The molecule has 0 atom stereocenters. The number of carbonyl (C=O) groups excluding carboxylic acids is 1. The number of hydrogen-bond donors (Lipinski definition) is 1. The van der Waals surface area contributed by atoms with Crippen molar-refractivity contribution in [1.29, 1.82) is 5.26 Å². The number of nitrogens with one attached hydrogen (secondary N) is 1. The van der Waals surface area contributed by atoms with Gasteiger partial charge in [-0.05, 0) is 36.2 Å². The van der Waals surface area contributed by atoms with Crippen molar-refractivity contribution >= 4 is 16.7 Å². The first kappa shape index (κ1) is 13.1. The lowest BCUT2D eigenvalue weighted by Crippen LogP contribution is -2.04. The van der Waals surface area contributed by atoms with Crippen LogP contribution in [0.4, 0.5) is 0 Å². The van der Waals surface area contributed by atoms with E-state index in [9.17, 15) is 4.79 Å². The van der Waals surface area contributed by atoms with Crippen molar-refractivity contribution in [2.24, 2.45) is 0 Å². The van der Waals surface area contributed by atoms with Gasteiger partial charge in [0.05, 0.1) is 11.6 Å². The molecular formula is C18H14N2O. The van der Waals surface area contributed by atoms with Gasteiger partial charge in [0.1, 0.15) is 0 Å². The maximum Gasteiger partial charge on any atom is 0.169 e. The molecule has 1 aromatic heterocycles. The van der Waals surface area contributed by atoms with Crippen molar-refractivity contribution in [3.63, 3.8) is 0 Å². The molecule has 3 aromatic rings. The number of aromatic amines is 1. The first-order valence-electron chi connectivity index (χ1n) is 6.78. The van der Waals surface area contributed by atoms with Crippen LogP contribution in [-0.4, -0.2) is 10.8 Å². The molecule has 102 valence electrons. The third-order valence-corrected chi connectivity index (χ3v) is 3.72. The van der Waals surface area contributed by atoms with E-state index in [-0.39, 0.29) is 5.78 Å². The van der Waals surface area contributed by atoms with Crippen LogP contribution in [0.5, 0.6) is 0 Å². The number of aryl methyl sites for hydroxylation is 1. The van der Waals surface area contributed by atoms with Gasteiger partial charge in [-0.25, -0.2) is 0 Å². The maximum atomic E-state index is 12.5. The Bertz CT molecular complexity index is 868. The molecule has 3 heteroatoms. The molecule has 1 heterocycles. The van der Waals surface area contributed by atoms with E-state index in [4.69, 9.17) is 5.26 Å². The predicted octanol–water partition coefficient (Wildman–Crippen LogP) is 3.77. The van der Waals surface area contributed by atoms with E-state index in [1.165, 1.54) is 0 Å². The van der Waals surface area contributed by atoms with Crippen LogP contribution in [0.25, 0.3) is 10.9 Å². The Labute approximate surface area is 122 Å². The quantitative estimate of drug-likeness (QED) is 0.739.